The van der Waals surface area contributed by atoms with E-state index in [0.717, 1.165) is 16.6 Å². The summed E-state index contributed by atoms with van der Waals surface area (Å²) in [5.41, 5.74) is 2.12. The fraction of sp³-hybridized carbons (Fsp3) is 0.300. The monoisotopic (exact) mass is 364 g/mol. The van der Waals surface area contributed by atoms with Crippen molar-refractivity contribution in [3.63, 3.8) is 0 Å². The summed E-state index contributed by atoms with van der Waals surface area (Å²) in [6, 6.07) is 13.7. The number of aromatic nitrogens is 3. The third kappa shape index (κ3) is 3.59. The van der Waals surface area contributed by atoms with Crippen molar-refractivity contribution in [2.24, 2.45) is 5.92 Å². The number of nitrogens with zero attached hydrogens (tertiary/aromatic N) is 4. The van der Waals surface area contributed by atoms with Gasteiger partial charge in [-0.05, 0) is 18.6 Å². The fourth-order valence-corrected chi connectivity index (χ4v) is 3.47. The molecule has 7 nitrogen and oxygen atoms in total. The Bertz CT molecular complexity index is 978. The van der Waals surface area contributed by atoms with Crippen molar-refractivity contribution in [3.8, 4) is 0 Å². The predicted octanol–water partition coefficient (Wildman–Crippen LogP) is 1.85. The average Bonchev–Trinajstić information content (AvgIpc) is 3.07. The number of carbonyl (C=O) groups excluding carboxylic acids is 1. The van der Waals surface area contributed by atoms with Crippen LogP contribution in [-0.2, 0) is 11.2 Å². The molecule has 0 aliphatic carbocycles. The van der Waals surface area contributed by atoms with E-state index in [-0.39, 0.29) is 11.6 Å². The number of carbonyl (C=O) groups is 1. The van der Waals surface area contributed by atoms with E-state index in [1.54, 1.807) is 6.07 Å². The first-order valence-electron chi connectivity index (χ1n) is 8.82. The summed E-state index contributed by atoms with van der Waals surface area (Å²) >= 11 is 0. The smallest absolute Gasteiger partial charge is 0.356 e. The highest BCUT2D eigenvalue weighted by atomic mass is 16.5. The second-order valence-corrected chi connectivity index (χ2v) is 6.68. The first-order chi connectivity index (χ1) is 13.1. The maximum atomic E-state index is 11.7. The van der Waals surface area contributed by atoms with Gasteiger partial charge < -0.3 is 14.7 Å². The van der Waals surface area contributed by atoms with Crippen molar-refractivity contribution in [1.29, 1.82) is 0 Å². The van der Waals surface area contributed by atoms with E-state index < -0.39 is 12.1 Å². The van der Waals surface area contributed by atoms with Crippen LogP contribution in [0.4, 0.5) is 5.82 Å². The van der Waals surface area contributed by atoms with Crippen LogP contribution in [0.15, 0.2) is 48.8 Å². The van der Waals surface area contributed by atoms with E-state index in [2.05, 4.69) is 16.0 Å². The molecule has 0 spiro atoms. The molecule has 138 valence electrons. The summed E-state index contributed by atoms with van der Waals surface area (Å²) in [6.45, 7) is 1.09. The topological polar surface area (TPSA) is 88.4 Å². The van der Waals surface area contributed by atoms with Crippen LogP contribution in [0.1, 0.15) is 16.2 Å². The lowest BCUT2D eigenvalue weighted by Crippen LogP contribution is -2.22. The van der Waals surface area contributed by atoms with Gasteiger partial charge in [0.25, 0.3) is 0 Å². The van der Waals surface area contributed by atoms with Gasteiger partial charge >= 0.3 is 5.97 Å². The van der Waals surface area contributed by atoms with Crippen molar-refractivity contribution >= 4 is 22.7 Å². The summed E-state index contributed by atoms with van der Waals surface area (Å²) in [6.07, 6.45) is 1.53. The van der Waals surface area contributed by atoms with E-state index in [9.17, 15) is 9.90 Å². The normalized spacial score (nSPS) is 19.4. The molecule has 1 N–H and O–H groups in total. The number of β-amino-alcohol motifs (C(OH)–C–C–N with tert-alkyl or cyclic N) is 1. The summed E-state index contributed by atoms with van der Waals surface area (Å²) in [4.78, 5) is 26.5. The van der Waals surface area contributed by atoms with Gasteiger partial charge in [0.15, 0.2) is 5.69 Å². The minimum Gasteiger partial charge on any atom is -0.464 e. The summed E-state index contributed by atoms with van der Waals surface area (Å²) in [5, 5.41) is 11.6. The molecule has 0 bridgehead atoms. The van der Waals surface area contributed by atoms with Crippen LogP contribution in [0.5, 0.6) is 0 Å². The van der Waals surface area contributed by atoms with E-state index in [4.69, 9.17) is 9.72 Å². The Morgan fingerprint density at radius 2 is 2.07 bits per heavy atom. The van der Waals surface area contributed by atoms with Gasteiger partial charge in [-0.2, -0.15) is 0 Å². The zero-order valence-corrected chi connectivity index (χ0v) is 14.9. The Kier molecular flexibility index (Phi) is 4.68. The number of anilines is 1. The van der Waals surface area contributed by atoms with Gasteiger partial charge in [0.1, 0.15) is 12.1 Å². The quantitative estimate of drug-likeness (QED) is 0.707. The number of esters is 1. The third-order valence-corrected chi connectivity index (χ3v) is 4.91. The Hall–Kier alpha value is -3.06. The number of pyridine rings is 1. The second kappa shape index (κ2) is 7.28. The minimum absolute atomic E-state index is 0.0372. The Labute approximate surface area is 156 Å². The largest absolute Gasteiger partial charge is 0.464 e. The molecule has 0 radical (unpaired) electrons. The van der Waals surface area contributed by atoms with Gasteiger partial charge in [-0.15, -0.1) is 0 Å². The first-order valence-corrected chi connectivity index (χ1v) is 8.82. The van der Waals surface area contributed by atoms with Crippen LogP contribution >= 0.6 is 0 Å². The fourth-order valence-electron chi connectivity index (χ4n) is 3.47. The van der Waals surface area contributed by atoms with Gasteiger partial charge in [0.2, 0.25) is 0 Å². The van der Waals surface area contributed by atoms with Crippen molar-refractivity contribution < 1.29 is 14.6 Å². The minimum atomic E-state index is -0.504. The molecule has 1 aliphatic rings. The molecular weight excluding hydrogens is 344 g/mol. The number of hydrogen-bond acceptors (Lipinski definition) is 7. The highest BCUT2D eigenvalue weighted by molar-refractivity contribution is 5.87. The van der Waals surface area contributed by atoms with Crippen LogP contribution in [0.3, 0.4) is 0 Å². The van der Waals surface area contributed by atoms with E-state index in [1.807, 2.05) is 35.2 Å². The highest BCUT2D eigenvalue weighted by Gasteiger charge is 2.32. The lowest BCUT2D eigenvalue weighted by atomic mass is 9.99. The molecule has 3 aromatic rings. The number of para-hydroxylation sites is 1. The van der Waals surface area contributed by atoms with Crippen LogP contribution in [0.25, 0.3) is 10.9 Å². The predicted molar refractivity (Wildman–Crippen MR) is 101 cm³/mol. The van der Waals surface area contributed by atoms with Gasteiger partial charge in [-0.1, -0.05) is 24.3 Å². The molecular formula is C20H20N4O3. The average molecular weight is 364 g/mol. The molecule has 0 unspecified atom stereocenters. The molecule has 1 aliphatic heterocycles. The number of fused-ring (bicyclic) bond motifs is 1. The van der Waals surface area contributed by atoms with Crippen molar-refractivity contribution in [2.75, 3.05) is 25.1 Å². The molecule has 1 aromatic carbocycles. The summed E-state index contributed by atoms with van der Waals surface area (Å²) < 4.78 is 4.70. The molecule has 3 heterocycles. The van der Waals surface area contributed by atoms with Crippen LogP contribution in [0.2, 0.25) is 0 Å². The molecule has 0 amide bonds. The number of benzene rings is 1. The zero-order chi connectivity index (χ0) is 18.8. The Balaban J connectivity index is 1.50. The Morgan fingerprint density at radius 1 is 1.22 bits per heavy atom. The molecule has 0 saturated carbocycles. The SMILES string of the molecule is COC(=O)c1cc(N2C[C@@H](Cc3ccc4ccccc4n3)[C@H](O)C2)ncn1. The number of aliphatic hydroxyl groups is 1. The molecule has 27 heavy (non-hydrogen) atoms. The van der Waals surface area contributed by atoms with Crippen LogP contribution < -0.4 is 4.90 Å². The standard InChI is InChI=1S/C20H20N4O3/c1-27-20(26)17-9-19(22-12-21-17)24-10-14(18(25)11-24)8-15-7-6-13-4-2-3-5-16(13)23-15/h2-7,9,12,14,18,25H,8,10-11H2,1H3/t14-,18-/m1/s1. The lowest BCUT2D eigenvalue weighted by molar-refractivity contribution is 0.0594. The van der Waals surface area contributed by atoms with Crippen molar-refractivity contribution in [2.45, 2.75) is 12.5 Å². The third-order valence-electron chi connectivity index (χ3n) is 4.91. The van der Waals surface area contributed by atoms with E-state index >= 15 is 0 Å². The number of methoxy groups -OCH3 is 1. The van der Waals surface area contributed by atoms with E-state index in [1.165, 1.54) is 13.4 Å². The molecule has 2 aromatic heterocycles. The highest BCUT2D eigenvalue weighted by Crippen LogP contribution is 2.26. The summed E-state index contributed by atoms with van der Waals surface area (Å²) in [5.74, 6) is 0.143. The van der Waals surface area contributed by atoms with Gasteiger partial charge in [0.05, 0.1) is 18.7 Å². The maximum Gasteiger partial charge on any atom is 0.356 e. The van der Waals surface area contributed by atoms with Crippen LogP contribution in [-0.4, -0.2) is 52.3 Å². The van der Waals surface area contributed by atoms with Crippen LogP contribution in [0, 0.1) is 5.92 Å². The van der Waals surface area contributed by atoms with Crippen molar-refractivity contribution in [3.05, 3.63) is 60.2 Å². The molecule has 7 heteroatoms. The maximum absolute atomic E-state index is 11.7. The Morgan fingerprint density at radius 3 is 2.93 bits per heavy atom. The molecule has 1 saturated heterocycles. The molecule has 1 fully saturated rings. The van der Waals surface area contributed by atoms with E-state index in [0.29, 0.717) is 25.3 Å². The lowest BCUT2D eigenvalue weighted by Gasteiger charge is -2.17. The zero-order valence-electron chi connectivity index (χ0n) is 14.9. The number of rotatable bonds is 4. The number of ether oxygens (including phenoxy) is 1. The van der Waals surface area contributed by atoms with Gasteiger partial charge in [-0.3, -0.25) is 4.98 Å². The summed E-state index contributed by atoms with van der Waals surface area (Å²) in [7, 11) is 1.32. The second-order valence-electron chi connectivity index (χ2n) is 6.68. The van der Waals surface area contributed by atoms with Gasteiger partial charge in [0, 0.05) is 36.2 Å². The first kappa shape index (κ1) is 17.4. The van der Waals surface area contributed by atoms with Crippen molar-refractivity contribution in [1.82, 2.24) is 15.0 Å². The molecule has 4 rings (SSSR count). The number of hydrogen-bond donors (Lipinski definition) is 1. The molecule has 2 atom stereocenters. The van der Waals surface area contributed by atoms with Gasteiger partial charge in [-0.25, -0.2) is 14.8 Å². The number of aliphatic hydroxyl groups excluding tert-OH is 1.